The number of nitrogens with zero attached hydrogens (tertiary/aromatic N) is 2. The van der Waals surface area contributed by atoms with E-state index < -0.39 is 6.04 Å². The molecule has 0 aromatic carbocycles. The number of hydrogen-bond donors (Lipinski definition) is 3. The Morgan fingerprint density at radius 2 is 2.08 bits per heavy atom. The van der Waals surface area contributed by atoms with Gasteiger partial charge >= 0.3 is 6.03 Å². The molecule has 1 saturated carbocycles. The van der Waals surface area contributed by atoms with Crippen LogP contribution in [0.3, 0.4) is 0 Å². The maximum Gasteiger partial charge on any atom is 0.345 e. The van der Waals surface area contributed by atoms with Crippen LogP contribution in [0.1, 0.15) is 44.9 Å². The fourth-order valence-corrected chi connectivity index (χ4v) is 5.05. The van der Waals surface area contributed by atoms with Crippen LogP contribution in [0, 0.1) is 5.92 Å². The van der Waals surface area contributed by atoms with E-state index in [4.69, 9.17) is 9.12 Å². The van der Waals surface area contributed by atoms with Gasteiger partial charge in [-0.2, -0.15) is 5.06 Å². The van der Waals surface area contributed by atoms with Crippen LogP contribution in [-0.2, 0) is 13.9 Å². The molecule has 3 unspecified atom stereocenters. The minimum atomic E-state index is -0.499. The van der Waals surface area contributed by atoms with Crippen molar-refractivity contribution in [2.45, 2.75) is 69.2 Å². The first-order valence-corrected chi connectivity index (χ1v) is 9.66. The first kappa shape index (κ1) is 17.4. The van der Waals surface area contributed by atoms with Crippen molar-refractivity contribution in [3.05, 3.63) is 0 Å². The maximum absolute atomic E-state index is 12.6. The van der Waals surface area contributed by atoms with Crippen molar-refractivity contribution in [2.24, 2.45) is 5.92 Å². The lowest BCUT2D eigenvalue weighted by molar-refractivity contribution is -0.151. The van der Waals surface area contributed by atoms with E-state index in [9.17, 15) is 9.59 Å². The van der Waals surface area contributed by atoms with Crippen molar-refractivity contribution in [3.8, 4) is 0 Å². The van der Waals surface area contributed by atoms with Crippen LogP contribution in [0.4, 0.5) is 4.79 Å². The van der Waals surface area contributed by atoms with Gasteiger partial charge in [0.15, 0.2) is 0 Å². The molecule has 3 aliphatic heterocycles. The van der Waals surface area contributed by atoms with Gasteiger partial charge in [0.05, 0.1) is 12.1 Å². The molecule has 0 aromatic rings. The topological polar surface area (TPSA) is 83.1 Å². The van der Waals surface area contributed by atoms with Crippen molar-refractivity contribution >= 4 is 24.8 Å². The maximum atomic E-state index is 12.6. The van der Waals surface area contributed by atoms with E-state index in [1.54, 1.807) is 4.90 Å². The number of hydrogen-bond acceptors (Lipinski definition) is 6. The number of urea groups is 1. The SMILES string of the molecule is O=C(NOC1CCCC2NCCCC21)[C@@H]1CC[C@@H]2CN1C(=O)N2OS. The van der Waals surface area contributed by atoms with Gasteiger partial charge in [-0.05, 0) is 51.5 Å². The summed E-state index contributed by atoms with van der Waals surface area (Å²) in [5.74, 6) is 0.221. The van der Waals surface area contributed by atoms with Crippen LogP contribution in [0.15, 0.2) is 0 Å². The smallest absolute Gasteiger partial charge is 0.314 e. The number of carbonyl (C=O) groups excluding carboxylic acids is 2. The van der Waals surface area contributed by atoms with Crippen LogP contribution in [-0.4, -0.2) is 59.2 Å². The van der Waals surface area contributed by atoms with Crippen molar-refractivity contribution in [1.82, 2.24) is 20.8 Å². The molecule has 9 heteroatoms. The summed E-state index contributed by atoms with van der Waals surface area (Å²) in [6.45, 7) is 1.57. The van der Waals surface area contributed by atoms with Gasteiger partial charge in [-0.15, -0.1) is 0 Å². The second-order valence-corrected chi connectivity index (χ2v) is 7.67. The Morgan fingerprint density at radius 1 is 1.20 bits per heavy atom. The van der Waals surface area contributed by atoms with Gasteiger partial charge in [0.1, 0.15) is 6.04 Å². The molecule has 8 nitrogen and oxygen atoms in total. The van der Waals surface area contributed by atoms with Crippen LogP contribution in [0.5, 0.6) is 0 Å². The Labute approximate surface area is 153 Å². The molecule has 1 aliphatic carbocycles. The Kier molecular flexibility index (Phi) is 5.08. The number of thiol groups is 1. The highest BCUT2D eigenvalue weighted by atomic mass is 32.1. The summed E-state index contributed by atoms with van der Waals surface area (Å²) in [6, 6.07) is -0.323. The minimum absolute atomic E-state index is 0.0256. The van der Waals surface area contributed by atoms with Gasteiger partial charge in [0, 0.05) is 31.4 Å². The molecule has 25 heavy (non-hydrogen) atoms. The van der Waals surface area contributed by atoms with Gasteiger partial charge in [0.25, 0.3) is 5.91 Å². The lowest BCUT2D eigenvalue weighted by atomic mass is 9.77. The largest absolute Gasteiger partial charge is 0.345 e. The second kappa shape index (κ2) is 7.30. The zero-order valence-corrected chi connectivity index (χ0v) is 15.1. The number of carbonyl (C=O) groups is 2. The summed E-state index contributed by atoms with van der Waals surface area (Å²) in [6.07, 6.45) is 6.95. The first-order valence-electron chi connectivity index (χ1n) is 9.29. The van der Waals surface area contributed by atoms with E-state index in [2.05, 4.69) is 23.7 Å². The van der Waals surface area contributed by atoms with E-state index in [-0.39, 0.29) is 24.1 Å². The molecule has 140 valence electrons. The number of nitrogens with one attached hydrogen (secondary N) is 2. The monoisotopic (exact) mass is 370 g/mol. The lowest BCUT2D eigenvalue weighted by Crippen LogP contribution is -2.53. The van der Waals surface area contributed by atoms with Gasteiger partial charge < -0.3 is 10.2 Å². The molecule has 2 bridgehead atoms. The lowest BCUT2D eigenvalue weighted by Gasteiger charge is -2.41. The van der Waals surface area contributed by atoms with E-state index in [0.717, 1.165) is 38.6 Å². The van der Waals surface area contributed by atoms with E-state index in [1.165, 1.54) is 11.5 Å². The predicted molar refractivity (Wildman–Crippen MR) is 92.2 cm³/mol. The van der Waals surface area contributed by atoms with Crippen molar-refractivity contribution in [1.29, 1.82) is 0 Å². The average molecular weight is 370 g/mol. The van der Waals surface area contributed by atoms with Gasteiger partial charge in [-0.1, -0.05) is 0 Å². The molecule has 4 fully saturated rings. The number of piperidine rings is 2. The molecule has 5 atom stereocenters. The molecular formula is C16H26N4O4S. The normalized spacial score (nSPS) is 37.8. The molecular weight excluding hydrogens is 344 g/mol. The van der Waals surface area contributed by atoms with Crippen LogP contribution < -0.4 is 10.8 Å². The quantitative estimate of drug-likeness (QED) is 0.391. The third kappa shape index (κ3) is 3.22. The molecule has 0 spiro atoms. The van der Waals surface area contributed by atoms with Crippen molar-refractivity contribution in [3.63, 3.8) is 0 Å². The summed E-state index contributed by atoms with van der Waals surface area (Å²) in [4.78, 5) is 32.3. The molecule has 2 N–H and O–H groups in total. The Balaban J connectivity index is 1.34. The highest BCUT2D eigenvalue weighted by Gasteiger charge is 2.48. The van der Waals surface area contributed by atoms with Gasteiger partial charge in [0.2, 0.25) is 0 Å². The molecule has 4 aliphatic rings. The number of fused-ring (bicyclic) bond motifs is 3. The Hall–Kier alpha value is -1.03. The molecule has 4 rings (SSSR count). The van der Waals surface area contributed by atoms with Gasteiger partial charge in [-0.25, -0.2) is 14.6 Å². The highest BCUT2D eigenvalue weighted by Crippen LogP contribution is 2.33. The molecule has 3 saturated heterocycles. The summed E-state index contributed by atoms with van der Waals surface area (Å²) < 4.78 is 4.85. The number of rotatable bonds is 4. The summed E-state index contributed by atoms with van der Waals surface area (Å²) >= 11 is 3.74. The Bertz CT molecular complexity index is 534. The third-order valence-corrected chi connectivity index (χ3v) is 6.32. The number of amides is 3. The standard InChI is InChI=1S/C16H26N4O4S/c21-15(13-7-6-10-9-19(13)16(22)20(10)24-25)18-23-14-5-1-4-12-11(14)3-2-8-17-12/h10-14,17,25H,1-9H2,(H,18,21)/t10-,11?,12?,13+,14?/m1/s1. The van der Waals surface area contributed by atoms with Gasteiger partial charge in [-0.3, -0.25) is 9.63 Å². The molecule has 3 heterocycles. The minimum Gasteiger partial charge on any atom is -0.314 e. The Morgan fingerprint density at radius 3 is 2.92 bits per heavy atom. The zero-order valence-electron chi connectivity index (χ0n) is 14.2. The third-order valence-electron chi connectivity index (χ3n) is 6.14. The second-order valence-electron chi connectivity index (χ2n) is 7.51. The molecule has 3 amide bonds. The molecule has 0 radical (unpaired) electrons. The van der Waals surface area contributed by atoms with Crippen LogP contribution >= 0.6 is 12.9 Å². The van der Waals surface area contributed by atoms with E-state index >= 15 is 0 Å². The highest BCUT2D eigenvalue weighted by molar-refractivity contribution is 7.75. The van der Waals surface area contributed by atoms with E-state index in [1.807, 2.05) is 0 Å². The van der Waals surface area contributed by atoms with Crippen LogP contribution in [0.25, 0.3) is 0 Å². The molecule has 0 aromatic heterocycles. The average Bonchev–Trinajstić information content (AvgIpc) is 2.89. The first-order chi connectivity index (χ1) is 12.2. The van der Waals surface area contributed by atoms with Crippen molar-refractivity contribution in [2.75, 3.05) is 13.1 Å². The zero-order chi connectivity index (χ0) is 17.4. The van der Waals surface area contributed by atoms with E-state index in [0.29, 0.717) is 24.9 Å². The van der Waals surface area contributed by atoms with Crippen molar-refractivity contribution < 1.29 is 18.7 Å². The number of hydroxylamine groups is 3. The fraction of sp³-hybridized carbons (Fsp3) is 0.875. The predicted octanol–water partition coefficient (Wildman–Crippen LogP) is 1.000. The summed E-state index contributed by atoms with van der Waals surface area (Å²) in [5.41, 5.74) is 2.65. The fourth-order valence-electron chi connectivity index (χ4n) is 4.85. The summed E-state index contributed by atoms with van der Waals surface area (Å²) in [7, 11) is 0. The van der Waals surface area contributed by atoms with Crippen LogP contribution in [0.2, 0.25) is 0 Å². The summed E-state index contributed by atoms with van der Waals surface area (Å²) in [5, 5.41) is 4.82.